The third-order valence-corrected chi connectivity index (χ3v) is 3.49. The average molecular weight is 338 g/mol. The van der Waals surface area contributed by atoms with Crippen molar-refractivity contribution < 1.29 is 17.9 Å². The summed E-state index contributed by atoms with van der Waals surface area (Å²) in [6, 6.07) is 5.60. The second-order valence-electron chi connectivity index (χ2n) is 4.71. The quantitative estimate of drug-likeness (QED) is 0.875. The van der Waals surface area contributed by atoms with Gasteiger partial charge in [-0.25, -0.2) is 0 Å². The van der Waals surface area contributed by atoms with Crippen molar-refractivity contribution in [1.29, 1.82) is 0 Å². The summed E-state index contributed by atoms with van der Waals surface area (Å²) < 4.78 is 41.8. The van der Waals surface area contributed by atoms with Gasteiger partial charge in [-0.05, 0) is 36.6 Å². The van der Waals surface area contributed by atoms with Crippen molar-refractivity contribution in [2.45, 2.75) is 38.0 Å². The molecule has 0 unspecified atom stereocenters. The van der Waals surface area contributed by atoms with E-state index < -0.39 is 12.8 Å². The molecule has 2 nitrogen and oxygen atoms in total. The van der Waals surface area contributed by atoms with Gasteiger partial charge in [-0.2, -0.15) is 13.2 Å². The van der Waals surface area contributed by atoms with Crippen molar-refractivity contribution in [1.82, 2.24) is 5.32 Å². The van der Waals surface area contributed by atoms with Crippen LogP contribution in [0.4, 0.5) is 13.2 Å². The van der Waals surface area contributed by atoms with E-state index in [1.807, 2.05) is 6.07 Å². The summed E-state index contributed by atoms with van der Waals surface area (Å²) in [7, 11) is 0. The molecule has 6 heteroatoms. The van der Waals surface area contributed by atoms with Crippen LogP contribution in [0.2, 0.25) is 0 Å². The fourth-order valence-corrected chi connectivity index (χ4v) is 2.37. The molecule has 2 rings (SSSR count). The molecule has 1 aromatic carbocycles. The summed E-state index contributed by atoms with van der Waals surface area (Å²) >= 11 is 3.28. The van der Waals surface area contributed by atoms with Crippen LogP contribution >= 0.6 is 15.9 Å². The number of halogens is 4. The zero-order valence-electron chi connectivity index (χ0n) is 10.3. The second kappa shape index (κ2) is 6.13. The molecule has 1 N–H and O–H groups in total. The van der Waals surface area contributed by atoms with E-state index in [1.165, 1.54) is 19.3 Å². The monoisotopic (exact) mass is 337 g/mol. The Balaban J connectivity index is 1.93. The summed E-state index contributed by atoms with van der Waals surface area (Å²) in [6.45, 7) is -0.620. The van der Waals surface area contributed by atoms with Gasteiger partial charge in [-0.1, -0.05) is 22.4 Å². The standard InChI is InChI=1S/C13H15BrF3NO/c14-10-4-9(7-18-11-2-1-3-11)5-12(6-10)19-8-13(15,16)17/h4-6,11,18H,1-3,7-8H2. The van der Waals surface area contributed by atoms with Gasteiger partial charge in [-0.3, -0.25) is 0 Å². The van der Waals surface area contributed by atoms with Crippen molar-refractivity contribution in [3.05, 3.63) is 28.2 Å². The van der Waals surface area contributed by atoms with Gasteiger partial charge < -0.3 is 10.1 Å². The number of rotatable bonds is 5. The normalized spacial score (nSPS) is 16.2. The van der Waals surface area contributed by atoms with Gasteiger partial charge in [0.2, 0.25) is 0 Å². The molecule has 0 atom stereocenters. The van der Waals surface area contributed by atoms with Crippen molar-refractivity contribution in [3.8, 4) is 5.75 Å². The minimum Gasteiger partial charge on any atom is -0.484 e. The maximum absolute atomic E-state index is 12.1. The molecule has 1 saturated carbocycles. The van der Waals surface area contributed by atoms with E-state index in [4.69, 9.17) is 4.74 Å². The van der Waals surface area contributed by atoms with E-state index in [-0.39, 0.29) is 5.75 Å². The lowest BCUT2D eigenvalue weighted by molar-refractivity contribution is -0.153. The van der Waals surface area contributed by atoms with Crippen molar-refractivity contribution >= 4 is 15.9 Å². The number of alkyl halides is 3. The lowest BCUT2D eigenvalue weighted by Gasteiger charge is -2.26. The number of ether oxygens (including phenoxy) is 1. The van der Waals surface area contributed by atoms with E-state index >= 15 is 0 Å². The van der Waals surface area contributed by atoms with Crippen molar-refractivity contribution in [2.75, 3.05) is 6.61 Å². The smallest absolute Gasteiger partial charge is 0.422 e. The second-order valence-corrected chi connectivity index (χ2v) is 5.62. The van der Waals surface area contributed by atoms with Crippen LogP contribution in [0.5, 0.6) is 5.75 Å². The summed E-state index contributed by atoms with van der Waals surface area (Å²) in [5.41, 5.74) is 0.915. The molecular weight excluding hydrogens is 323 g/mol. The van der Waals surface area contributed by atoms with E-state index in [0.717, 1.165) is 10.0 Å². The molecule has 1 fully saturated rings. The topological polar surface area (TPSA) is 21.3 Å². The first-order valence-electron chi connectivity index (χ1n) is 6.15. The third kappa shape index (κ3) is 5.03. The van der Waals surface area contributed by atoms with Gasteiger partial charge in [0, 0.05) is 17.1 Å². The van der Waals surface area contributed by atoms with E-state index in [9.17, 15) is 13.2 Å². The molecule has 1 aliphatic carbocycles. The minimum absolute atomic E-state index is 0.233. The van der Waals surface area contributed by atoms with Gasteiger partial charge in [0.05, 0.1) is 0 Å². The maximum Gasteiger partial charge on any atom is 0.422 e. The van der Waals surface area contributed by atoms with Crippen LogP contribution in [-0.4, -0.2) is 18.8 Å². The SMILES string of the molecule is FC(F)(F)COc1cc(Br)cc(CNC2CCC2)c1. The van der Waals surface area contributed by atoms with E-state index in [0.29, 0.717) is 12.6 Å². The molecule has 1 aliphatic rings. The van der Waals surface area contributed by atoms with Crippen LogP contribution < -0.4 is 10.1 Å². The Morgan fingerprint density at radius 3 is 2.58 bits per heavy atom. The first-order valence-corrected chi connectivity index (χ1v) is 6.94. The molecule has 0 aliphatic heterocycles. The summed E-state index contributed by atoms with van der Waals surface area (Å²) in [6.07, 6.45) is -0.723. The summed E-state index contributed by atoms with van der Waals surface area (Å²) in [4.78, 5) is 0. The lowest BCUT2D eigenvalue weighted by atomic mass is 9.93. The van der Waals surface area contributed by atoms with Crippen LogP contribution in [0.3, 0.4) is 0 Å². The number of nitrogens with one attached hydrogen (secondary N) is 1. The third-order valence-electron chi connectivity index (χ3n) is 3.03. The van der Waals surface area contributed by atoms with Crippen LogP contribution in [-0.2, 0) is 6.54 Å². The van der Waals surface area contributed by atoms with Gasteiger partial charge in [0.25, 0.3) is 0 Å². The van der Waals surface area contributed by atoms with Crippen molar-refractivity contribution in [3.63, 3.8) is 0 Å². The highest BCUT2D eigenvalue weighted by molar-refractivity contribution is 9.10. The summed E-state index contributed by atoms with van der Waals surface area (Å²) in [5, 5.41) is 3.36. The molecule has 0 radical (unpaired) electrons. The largest absolute Gasteiger partial charge is 0.484 e. The highest BCUT2D eigenvalue weighted by atomic mass is 79.9. The molecule has 1 aromatic rings. The Kier molecular flexibility index (Phi) is 4.73. The highest BCUT2D eigenvalue weighted by Gasteiger charge is 2.28. The van der Waals surface area contributed by atoms with Crippen LogP contribution in [0.25, 0.3) is 0 Å². The zero-order chi connectivity index (χ0) is 13.9. The molecule has 0 heterocycles. The average Bonchev–Trinajstić information content (AvgIpc) is 2.23. The Hall–Kier alpha value is -0.750. The van der Waals surface area contributed by atoms with Gasteiger partial charge in [0.15, 0.2) is 6.61 Å². The molecule has 19 heavy (non-hydrogen) atoms. The molecule has 0 bridgehead atoms. The lowest BCUT2D eigenvalue weighted by Crippen LogP contribution is -2.34. The van der Waals surface area contributed by atoms with Crippen molar-refractivity contribution in [2.24, 2.45) is 0 Å². The first-order chi connectivity index (χ1) is 8.92. The maximum atomic E-state index is 12.1. The molecular formula is C13H15BrF3NO. The Morgan fingerprint density at radius 2 is 2.00 bits per heavy atom. The number of benzene rings is 1. The van der Waals surface area contributed by atoms with Gasteiger partial charge in [0.1, 0.15) is 5.75 Å². The molecule has 0 aromatic heterocycles. The fraction of sp³-hybridized carbons (Fsp3) is 0.538. The van der Waals surface area contributed by atoms with Crippen LogP contribution in [0.1, 0.15) is 24.8 Å². The Bertz CT molecular complexity index is 432. The van der Waals surface area contributed by atoms with Crippen LogP contribution in [0, 0.1) is 0 Å². The van der Waals surface area contributed by atoms with E-state index in [1.54, 1.807) is 12.1 Å². The molecule has 106 valence electrons. The highest BCUT2D eigenvalue weighted by Crippen LogP contribution is 2.25. The Morgan fingerprint density at radius 1 is 1.26 bits per heavy atom. The van der Waals surface area contributed by atoms with Gasteiger partial charge >= 0.3 is 6.18 Å². The fourth-order valence-electron chi connectivity index (χ4n) is 1.85. The van der Waals surface area contributed by atoms with Crippen LogP contribution in [0.15, 0.2) is 22.7 Å². The summed E-state index contributed by atoms with van der Waals surface area (Å²) in [5.74, 6) is 0.233. The minimum atomic E-state index is -4.31. The number of hydrogen-bond donors (Lipinski definition) is 1. The van der Waals surface area contributed by atoms with Gasteiger partial charge in [-0.15, -0.1) is 0 Å². The number of hydrogen-bond acceptors (Lipinski definition) is 2. The predicted octanol–water partition coefficient (Wildman–Crippen LogP) is 4.03. The molecule has 0 saturated heterocycles. The predicted molar refractivity (Wildman–Crippen MR) is 70.2 cm³/mol. The zero-order valence-corrected chi connectivity index (χ0v) is 11.9. The first kappa shape index (κ1) is 14.7. The molecule has 0 amide bonds. The van der Waals surface area contributed by atoms with E-state index in [2.05, 4.69) is 21.2 Å². The molecule has 0 spiro atoms. The Labute approximate surface area is 118 Å².